The van der Waals surface area contributed by atoms with E-state index in [2.05, 4.69) is 20.3 Å². The Kier molecular flexibility index (Phi) is 5.14. The van der Waals surface area contributed by atoms with Crippen LogP contribution in [-0.2, 0) is 6.42 Å². The molecule has 6 nitrogen and oxygen atoms in total. The molecule has 3 rings (SSSR count). The van der Waals surface area contributed by atoms with Crippen molar-refractivity contribution in [2.75, 3.05) is 11.9 Å². The van der Waals surface area contributed by atoms with E-state index >= 15 is 0 Å². The Morgan fingerprint density at radius 1 is 1.21 bits per heavy atom. The molecule has 0 radical (unpaired) electrons. The molecule has 0 aliphatic rings. The summed E-state index contributed by atoms with van der Waals surface area (Å²) in [4.78, 5) is 14.0. The summed E-state index contributed by atoms with van der Waals surface area (Å²) in [5.41, 5.74) is 1.80. The quantitative estimate of drug-likeness (QED) is 0.638. The van der Waals surface area contributed by atoms with E-state index in [0.717, 1.165) is 16.1 Å². The van der Waals surface area contributed by atoms with E-state index in [4.69, 9.17) is 5.11 Å². The number of nitrogens with one attached hydrogen (secondary N) is 1. The normalized spacial score (nSPS) is 12.1. The average Bonchev–Trinajstić information content (AvgIpc) is 3.06. The monoisotopic (exact) mass is 342 g/mol. The van der Waals surface area contributed by atoms with Crippen LogP contribution in [0.1, 0.15) is 23.6 Å². The van der Waals surface area contributed by atoms with E-state index in [1.807, 2.05) is 30.3 Å². The Bertz CT molecular complexity index is 820. The van der Waals surface area contributed by atoms with Gasteiger partial charge in [-0.25, -0.2) is 15.0 Å². The molecule has 0 fully saturated rings. The van der Waals surface area contributed by atoms with Gasteiger partial charge in [0.05, 0.1) is 10.6 Å². The Morgan fingerprint density at radius 2 is 2.08 bits per heavy atom. The molecule has 7 heteroatoms. The molecule has 0 aliphatic heterocycles. The van der Waals surface area contributed by atoms with Gasteiger partial charge in [-0.1, -0.05) is 6.07 Å². The Labute approximate surface area is 143 Å². The smallest absolute Gasteiger partial charge is 0.132 e. The number of rotatable bonds is 6. The SMILES string of the molecule is CC(O)c1ncc(-c2cccc(Nc3cc(CCO)ccn3)n2)s1. The molecular weight excluding hydrogens is 324 g/mol. The number of aliphatic hydroxyl groups is 2. The van der Waals surface area contributed by atoms with Crippen LogP contribution in [0.5, 0.6) is 0 Å². The molecule has 1 atom stereocenters. The summed E-state index contributed by atoms with van der Waals surface area (Å²) in [5.74, 6) is 1.35. The van der Waals surface area contributed by atoms with Crippen LogP contribution < -0.4 is 5.32 Å². The molecule has 3 heterocycles. The van der Waals surface area contributed by atoms with Crippen molar-refractivity contribution in [1.82, 2.24) is 15.0 Å². The zero-order chi connectivity index (χ0) is 16.9. The number of anilines is 2. The van der Waals surface area contributed by atoms with Gasteiger partial charge in [0.1, 0.15) is 22.7 Å². The number of aromatic nitrogens is 3. The summed E-state index contributed by atoms with van der Waals surface area (Å²) < 4.78 is 0. The van der Waals surface area contributed by atoms with Crippen molar-refractivity contribution in [3.63, 3.8) is 0 Å². The van der Waals surface area contributed by atoms with Gasteiger partial charge in [-0.15, -0.1) is 11.3 Å². The molecule has 0 saturated heterocycles. The molecule has 124 valence electrons. The summed E-state index contributed by atoms with van der Waals surface area (Å²) >= 11 is 1.42. The maximum absolute atomic E-state index is 9.59. The Hall–Kier alpha value is -2.35. The van der Waals surface area contributed by atoms with Crippen molar-refractivity contribution in [2.45, 2.75) is 19.4 Å². The maximum Gasteiger partial charge on any atom is 0.132 e. The van der Waals surface area contributed by atoms with Crippen molar-refractivity contribution >= 4 is 23.0 Å². The second-order valence-corrected chi connectivity index (χ2v) is 6.36. The molecule has 0 amide bonds. The number of thiazole rings is 1. The largest absolute Gasteiger partial charge is 0.396 e. The van der Waals surface area contributed by atoms with Gasteiger partial charge < -0.3 is 15.5 Å². The van der Waals surface area contributed by atoms with E-state index in [1.54, 1.807) is 19.3 Å². The molecular formula is C17H18N4O2S. The summed E-state index contributed by atoms with van der Waals surface area (Å²) in [6.45, 7) is 1.80. The van der Waals surface area contributed by atoms with Crippen LogP contribution in [0.2, 0.25) is 0 Å². The highest BCUT2D eigenvalue weighted by atomic mass is 32.1. The van der Waals surface area contributed by atoms with Crippen molar-refractivity contribution in [2.24, 2.45) is 0 Å². The van der Waals surface area contributed by atoms with E-state index < -0.39 is 6.10 Å². The van der Waals surface area contributed by atoms with Crippen LogP contribution in [0.15, 0.2) is 42.7 Å². The zero-order valence-electron chi connectivity index (χ0n) is 13.2. The molecule has 0 bridgehead atoms. The lowest BCUT2D eigenvalue weighted by Crippen LogP contribution is -1.98. The molecule has 0 spiro atoms. The van der Waals surface area contributed by atoms with Gasteiger partial charge in [-0.2, -0.15) is 0 Å². The van der Waals surface area contributed by atoms with Gasteiger partial charge in [0, 0.05) is 19.0 Å². The minimum absolute atomic E-state index is 0.105. The number of hydrogen-bond acceptors (Lipinski definition) is 7. The molecule has 24 heavy (non-hydrogen) atoms. The van der Waals surface area contributed by atoms with Crippen LogP contribution in [0, 0.1) is 0 Å². The molecule has 3 N–H and O–H groups in total. The van der Waals surface area contributed by atoms with E-state index in [9.17, 15) is 5.11 Å². The molecule has 1 unspecified atom stereocenters. The van der Waals surface area contributed by atoms with Gasteiger partial charge in [-0.3, -0.25) is 0 Å². The van der Waals surface area contributed by atoms with Crippen molar-refractivity contribution in [3.8, 4) is 10.6 Å². The van der Waals surface area contributed by atoms with Gasteiger partial charge in [0.2, 0.25) is 0 Å². The zero-order valence-corrected chi connectivity index (χ0v) is 14.0. The van der Waals surface area contributed by atoms with E-state index in [1.165, 1.54) is 11.3 Å². The van der Waals surface area contributed by atoms with Crippen molar-refractivity contribution in [3.05, 3.63) is 53.3 Å². The van der Waals surface area contributed by atoms with Gasteiger partial charge in [0.15, 0.2) is 0 Å². The van der Waals surface area contributed by atoms with Gasteiger partial charge in [0.25, 0.3) is 0 Å². The topological polar surface area (TPSA) is 91.2 Å². The summed E-state index contributed by atoms with van der Waals surface area (Å²) in [6.07, 6.45) is 3.44. The highest BCUT2D eigenvalue weighted by molar-refractivity contribution is 7.15. The van der Waals surface area contributed by atoms with Crippen LogP contribution >= 0.6 is 11.3 Å². The highest BCUT2D eigenvalue weighted by Crippen LogP contribution is 2.28. The predicted molar refractivity (Wildman–Crippen MR) is 94.3 cm³/mol. The lowest BCUT2D eigenvalue weighted by Gasteiger charge is -2.07. The standard InChI is InChI=1S/C17H18N4O2S/c1-11(23)17-19-10-14(24-17)13-3-2-4-15(20-13)21-16-9-12(6-8-22)5-7-18-16/h2-5,7,9-11,22-23H,6,8H2,1H3,(H,18,20,21). The lowest BCUT2D eigenvalue weighted by molar-refractivity contribution is 0.199. The second-order valence-electron chi connectivity index (χ2n) is 5.29. The predicted octanol–water partition coefficient (Wildman–Crippen LogP) is 2.93. The number of nitrogens with zero attached hydrogens (tertiary/aromatic N) is 3. The van der Waals surface area contributed by atoms with Gasteiger partial charge in [-0.05, 0) is 43.2 Å². The highest BCUT2D eigenvalue weighted by Gasteiger charge is 2.10. The van der Waals surface area contributed by atoms with Crippen LogP contribution in [0.4, 0.5) is 11.6 Å². The number of pyridine rings is 2. The first-order valence-corrected chi connectivity index (χ1v) is 8.41. The minimum Gasteiger partial charge on any atom is -0.396 e. The first kappa shape index (κ1) is 16.5. The fraction of sp³-hybridized carbons (Fsp3) is 0.235. The third-order valence-electron chi connectivity index (χ3n) is 3.36. The van der Waals surface area contributed by atoms with Crippen LogP contribution in [-0.4, -0.2) is 31.8 Å². The lowest BCUT2D eigenvalue weighted by atomic mass is 10.2. The molecule has 0 aromatic carbocycles. The molecule has 3 aromatic heterocycles. The fourth-order valence-corrected chi connectivity index (χ4v) is 3.02. The maximum atomic E-state index is 9.59. The van der Waals surface area contributed by atoms with Crippen molar-refractivity contribution in [1.29, 1.82) is 0 Å². The first-order valence-electron chi connectivity index (χ1n) is 7.60. The van der Waals surface area contributed by atoms with E-state index in [0.29, 0.717) is 23.1 Å². The molecule has 0 saturated carbocycles. The van der Waals surface area contributed by atoms with Crippen LogP contribution in [0.25, 0.3) is 10.6 Å². The van der Waals surface area contributed by atoms with Crippen LogP contribution in [0.3, 0.4) is 0 Å². The third kappa shape index (κ3) is 3.94. The summed E-state index contributed by atoms with van der Waals surface area (Å²) in [7, 11) is 0. The minimum atomic E-state index is -0.580. The van der Waals surface area contributed by atoms with Gasteiger partial charge >= 0.3 is 0 Å². The Balaban J connectivity index is 1.81. The summed E-state index contributed by atoms with van der Waals surface area (Å²) in [5, 5.41) is 22.5. The number of aliphatic hydroxyl groups excluding tert-OH is 2. The summed E-state index contributed by atoms with van der Waals surface area (Å²) in [6, 6.07) is 9.44. The van der Waals surface area contributed by atoms with Crippen molar-refractivity contribution < 1.29 is 10.2 Å². The fourth-order valence-electron chi connectivity index (χ4n) is 2.20. The molecule has 0 aliphatic carbocycles. The average molecular weight is 342 g/mol. The second kappa shape index (κ2) is 7.48. The third-order valence-corrected chi connectivity index (χ3v) is 4.55. The number of hydrogen-bond donors (Lipinski definition) is 3. The molecule has 3 aromatic rings. The van der Waals surface area contributed by atoms with E-state index in [-0.39, 0.29) is 6.61 Å². The Morgan fingerprint density at radius 3 is 2.83 bits per heavy atom. The first-order chi connectivity index (χ1) is 11.7.